The van der Waals surface area contributed by atoms with Gasteiger partial charge in [-0.25, -0.2) is 0 Å². The fourth-order valence-corrected chi connectivity index (χ4v) is 1.81. The lowest BCUT2D eigenvalue weighted by molar-refractivity contribution is -0.136. The molecule has 0 saturated heterocycles. The summed E-state index contributed by atoms with van der Waals surface area (Å²) in [5.41, 5.74) is 0. The average molecular weight is 251 g/mol. The lowest BCUT2D eigenvalue weighted by Crippen LogP contribution is -2.35. The third-order valence-electron chi connectivity index (χ3n) is 1.78. The van der Waals surface area contributed by atoms with Crippen LogP contribution in [-0.2, 0) is 14.3 Å². The van der Waals surface area contributed by atoms with Gasteiger partial charge in [0.2, 0.25) is 0 Å². The lowest BCUT2D eigenvalue weighted by atomic mass is 9.95. The minimum absolute atomic E-state index is 0.134. The van der Waals surface area contributed by atoms with Crippen molar-refractivity contribution in [1.82, 2.24) is 0 Å². The van der Waals surface area contributed by atoms with Gasteiger partial charge >= 0.3 is 0 Å². The molecule has 0 bridgehead atoms. The van der Waals surface area contributed by atoms with Crippen LogP contribution in [0.5, 0.6) is 0 Å². The smallest absolute Gasteiger partial charge is 0.142 e. The molecular formula is C9H15BrO3. The Kier molecular flexibility index (Phi) is 6.16. The minimum Gasteiger partial charge on any atom is -0.376 e. The van der Waals surface area contributed by atoms with Crippen LogP contribution in [0.4, 0.5) is 0 Å². The van der Waals surface area contributed by atoms with Gasteiger partial charge in [-0.2, -0.15) is 0 Å². The first-order valence-corrected chi connectivity index (χ1v) is 5.35. The van der Waals surface area contributed by atoms with E-state index in [1.807, 2.05) is 6.92 Å². The molecule has 0 heterocycles. The number of alkyl halides is 1. The molecule has 0 spiro atoms. The van der Waals surface area contributed by atoms with Gasteiger partial charge in [-0.05, 0) is 20.8 Å². The first-order chi connectivity index (χ1) is 6.04. The molecule has 0 amide bonds. The van der Waals surface area contributed by atoms with Crippen LogP contribution in [0.25, 0.3) is 0 Å². The highest BCUT2D eigenvalue weighted by Gasteiger charge is 2.29. The minimum atomic E-state index is -0.626. The van der Waals surface area contributed by atoms with E-state index in [2.05, 4.69) is 15.9 Å². The van der Waals surface area contributed by atoms with Crippen LogP contribution >= 0.6 is 15.9 Å². The Balaban J connectivity index is 4.48. The third-order valence-corrected chi connectivity index (χ3v) is 2.42. The molecule has 4 heteroatoms. The van der Waals surface area contributed by atoms with E-state index >= 15 is 0 Å². The van der Waals surface area contributed by atoms with Crippen LogP contribution in [0.3, 0.4) is 0 Å². The van der Waals surface area contributed by atoms with Crippen molar-refractivity contribution in [3.05, 3.63) is 0 Å². The summed E-state index contributed by atoms with van der Waals surface area (Å²) in [4.78, 5) is 22.3. The summed E-state index contributed by atoms with van der Waals surface area (Å²) in [6.45, 7) is 5.18. The number of hydrogen-bond donors (Lipinski definition) is 0. The number of rotatable bonds is 6. The SMILES string of the molecule is CCOC(CBr)C(C(C)=O)C(C)=O. The van der Waals surface area contributed by atoms with Crippen molar-refractivity contribution in [2.45, 2.75) is 26.9 Å². The maximum absolute atomic E-state index is 11.1. The Hall–Kier alpha value is -0.220. The van der Waals surface area contributed by atoms with E-state index in [0.29, 0.717) is 11.9 Å². The Bertz CT molecular complexity index is 177. The number of ether oxygens (including phenoxy) is 1. The highest BCUT2D eigenvalue weighted by molar-refractivity contribution is 9.09. The number of hydrogen-bond acceptors (Lipinski definition) is 3. The van der Waals surface area contributed by atoms with Crippen LogP contribution in [0, 0.1) is 5.92 Å². The summed E-state index contributed by atoms with van der Waals surface area (Å²) in [5, 5.41) is 0.505. The predicted molar refractivity (Wildman–Crippen MR) is 54.1 cm³/mol. The molecule has 0 saturated carbocycles. The van der Waals surface area contributed by atoms with Gasteiger partial charge in [-0.3, -0.25) is 9.59 Å². The normalized spacial score (nSPS) is 13.0. The van der Waals surface area contributed by atoms with Crippen LogP contribution in [0.2, 0.25) is 0 Å². The molecule has 0 aromatic carbocycles. The number of Topliss-reactive ketones (excluding diaryl/α,β-unsaturated/α-hetero) is 2. The molecule has 1 atom stereocenters. The number of halogens is 1. The lowest BCUT2D eigenvalue weighted by Gasteiger charge is -2.20. The number of carbonyl (C=O) groups excluding carboxylic acids is 2. The van der Waals surface area contributed by atoms with E-state index in [1.54, 1.807) is 0 Å². The molecule has 0 rings (SSSR count). The Morgan fingerprint density at radius 2 is 1.77 bits per heavy atom. The van der Waals surface area contributed by atoms with Crippen LogP contribution in [0.15, 0.2) is 0 Å². The second kappa shape index (κ2) is 6.27. The molecule has 13 heavy (non-hydrogen) atoms. The standard InChI is InChI=1S/C9H15BrO3/c1-4-13-8(5-10)9(6(2)11)7(3)12/h8-9H,4-5H2,1-3H3. The maximum Gasteiger partial charge on any atom is 0.142 e. The quantitative estimate of drug-likeness (QED) is 0.531. The van der Waals surface area contributed by atoms with Crippen LogP contribution in [0.1, 0.15) is 20.8 Å². The Morgan fingerprint density at radius 1 is 1.31 bits per heavy atom. The Morgan fingerprint density at radius 3 is 2.00 bits per heavy atom. The van der Waals surface area contributed by atoms with Gasteiger partial charge in [-0.1, -0.05) is 15.9 Å². The zero-order valence-electron chi connectivity index (χ0n) is 8.17. The molecule has 0 aliphatic carbocycles. The third kappa shape index (κ3) is 4.00. The summed E-state index contributed by atoms with van der Waals surface area (Å²) in [6, 6.07) is 0. The molecule has 0 N–H and O–H groups in total. The molecular weight excluding hydrogens is 236 g/mol. The van der Waals surface area contributed by atoms with Gasteiger partial charge in [0, 0.05) is 11.9 Å². The summed E-state index contributed by atoms with van der Waals surface area (Å²) >= 11 is 3.22. The van der Waals surface area contributed by atoms with Crippen molar-refractivity contribution in [3.8, 4) is 0 Å². The largest absolute Gasteiger partial charge is 0.376 e. The van der Waals surface area contributed by atoms with E-state index in [4.69, 9.17) is 4.74 Å². The van der Waals surface area contributed by atoms with E-state index in [9.17, 15) is 9.59 Å². The fraction of sp³-hybridized carbons (Fsp3) is 0.778. The number of ketones is 2. The summed E-state index contributed by atoms with van der Waals surface area (Å²) in [5.74, 6) is -0.893. The zero-order chi connectivity index (χ0) is 10.4. The van der Waals surface area contributed by atoms with Gasteiger partial charge in [0.05, 0.1) is 6.10 Å². The van der Waals surface area contributed by atoms with Gasteiger partial charge in [-0.15, -0.1) is 0 Å². The van der Waals surface area contributed by atoms with Gasteiger partial charge < -0.3 is 4.74 Å². The molecule has 0 fully saturated rings. The molecule has 0 aliphatic heterocycles. The van der Waals surface area contributed by atoms with E-state index in [0.717, 1.165) is 0 Å². The van der Waals surface area contributed by atoms with Gasteiger partial charge in [0.1, 0.15) is 17.5 Å². The average Bonchev–Trinajstić information content (AvgIpc) is 2.02. The van der Waals surface area contributed by atoms with Gasteiger partial charge in [0.15, 0.2) is 0 Å². The maximum atomic E-state index is 11.1. The first kappa shape index (κ1) is 12.8. The molecule has 0 aliphatic rings. The van der Waals surface area contributed by atoms with Crippen molar-refractivity contribution in [3.63, 3.8) is 0 Å². The van der Waals surface area contributed by atoms with Crippen molar-refractivity contribution >= 4 is 27.5 Å². The van der Waals surface area contributed by atoms with Crippen LogP contribution in [-0.4, -0.2) is 29.6 Å². The molecule has 0 radical (unpaired) electrons. The molecule has 3 nitrogen and oxygen atoms in total. The van der Waals surface area contributed by atoms with Crippen LogP contribution < -0.4 is 0 Å². The Labute approximate surface area is 87.0 Å². The second-order valence-corrected chi connectivity index (χ2v) is 3.49. The van der Waals surface area contributed by atoms with Crippen molar-refractivity contribution < 1.29 is 14.3 Å². The number of carbonyl (C=O) groups is 2. The van der Waals surface area contributed by atoms with E-state index < -0.39 is 5.92 Å². The highest BCUT2D eigenvalue weighted by atomic mass is 79.9. The summed E-state index contributed by atoms with van der Waals surface area (Å²) in [6.07, 6.45) is -0.333. The van der Waals surface area contributed by atoms with Gasteiger partial charge in [0.25, 0.3) is 0 Å². The molecule has 76 valence electrons. The van der Waals surface area contributed by atoms with Crippen molar-refractivity contribution in [1.29, 1.82) is 0 Å². The van der Waals surface area contributed by atoms with E-state index in [1.165, 1.54) is 13.8 Å². The molecule has 0 aromatic heterocycles. The summed E-state index contributed by atoms with van der Waals surface area (Å²) < 4.78 is 5.29. The van der Waals surface area contributed by atoms with Crippen molar-refractivity contribution in [2.75, 3.05) is 11.9 Å². The zero-order valence-corrected chi connectivity index (χ0v) is 9.76. The second-order valence-electron chi connectivity index (χ2n) is 2.85. The van der Waals surface area contributed by atoms with E-state index in [-0.39, 0.29) is 17.7 Å². The molecule has 0 aromatic rings. The topological polar surface area (TPSA) is 43.4 Å². The first-order valence-electron chi connectivity index (χ1n) is 4.23. The fourth-order valence-electron chi connectivity index (χ4n) is 1.25. The highest BCUT2D eigenvalue weighted by Crippen LogP contribution is 2.13. The predicted octanol–water partition coefficient (Wildman–Crippen LogP) is 1.58. The molecule has 1 unspecified atom stereocenters. The summed E-state index contributed by atoms with van der Waals surface area (Å²) in [7, 11) is 0. The monoisotopic (exact) mass is 250 g/mol. The van der Waals surface area contributed by atoms with Crippen molar-refractivity contribution in [2.24, 2.45) is 5.92 Å².